The number of fused-ring (bicyclic) bond motifs is 1. The molecule has 1 heterocycles. The molecule has 17 heavy (non-hydrogen) atoms. The molecule has 0 N–H and O–H groups in total. The first-order valence-corrected chi connectivity index (χ1v) is 5.73. The molecule has 5 heteroatoms. The van der Waals surface area contributed by atoms with Crippen molar-refractivity contribution in [2.75, 3.05) is 6.61 Å². The van der Waals surface area contributed by atoms with Gasteiger partial charge in [0, 0.05) is 6.92 Å². The van der Waals surface area contributed by atoms with E-state index in [1.54, 1.807) is 32.0 Å². The second kappa shape index (κ2) is 4.75. The maximum Gasteiger partial charge on any atom is 0.328 e. The van der Waals surface area contributed by atoms with Crippen molar-refractivity contribution in [1.82, 2.24) is 4.98 Å². The number of aryl methyl sites for hydroxylation is 1. The van der Waals surface area contributed by atoms with Gasteiger partial charge in [-0.1, -0.05) is 6.07 Å². The van der Waals surface area contributed by atoms with Gasteiger partial charge in [-0.3, -0.25) is 4.79 Å². The normalized spacial score (nSPS) is 12.6. The van der Waals surface area contributed by atoms with Crippen molar-refractivity contribution in [2.24, 2.45) is 0 Å². The molecule has 0 amide bonds. The number of hydrogen-bond donors (Lipinski definition) is 0. The summed E-state index contributed by atoms with van der Waals surface area (Å²) in [5.74, 6) is 0.133. The Labute approximate surface area is 104 Å². The minimum Gasteiger partial charge on any atom is -0.465 e. The van der Waals surface area contributed by atoms with E-state index in [0.29, 0.717) is 29.2 Å². The average Bonchev–Trinajstić information content (AvgIpc) is 2.67. The van der Waals surface area contributed by atoms with Crippen molar-refractivity contribution < 1.29 is 13.9 Å². The van der Waals surface area contributed by atoms with Crippen LogP contribution in [0.3, 0.4) is 0 Å². The molecular formula is C12H12ClNO3. The van der Waals surface area contributed by atoms with E-state index in [1.165, 1.54) is 0 Å². The Morgan fingerprint density at radius 2 is 2.35 bits per heavy atom. The van der Waals surface area contributed by atoms with Gasteiger partial charge in [-0.25, -0.2) is 4.98 Å². The summed E-state index contributed by atoms with van der Waals surface area (Å²) in [7, 11) is 0. The number of hydrogen-bond acceptors (Lipinski definition) is 4. The van der Waals surface area contributed by atoms with E-state index in [1.807, 2.05) is 0 Å². The summed E-state index contributed by atoms with van der Waals surface area (Å²) < 4.78 is 10.2. The van der Waals surface area contributed by atoms with Crippen molar-refractivity contribution in [3.63, 3.8) is 0 Å². The van der Waals surface area contributed by atoms with E-state index >= 15 is 0 Å². The van der Waals surface area contributed by atoms with Crippen molar-refractivity contribution >= 4 is 28.7 Å². The van der Waals surface area contributed by atoms with Crippen LogP contribution in [0.2, 0.25) is 0 Å². The number of esters is 1. The van der Waals surface area contributed by atoms with E-state index < -0.39 is 11.3 Å². The van der Waals surface area contributed by atoms with Crippen LogP contribution < -0.4 is 0 Å². The van der Waals surface area contributed by atoms with Crippen LogP contribution >= 0.6 is 11.6 Å². The van der Waals surface area contributed by atoms with Crippen LogP contribution in [0.1, 0.15) is 23.8 Å². The lowest BCUT2D eigenvalue weighted by molar-refractivity contribution is -0.142. The first kappa shape index (κ1) is 11.9. The number of carbonyl (C=O) groups excluding carboxylic acids is 1. The molecule has 0 aliphatic rings. The number of nitrogens with zero attached hydrogens (tertiary/aromatic N) is 1. The Hall–Kier alpha value is -1.55. The number of benzene rings is 1. The van der Waals surface area contributed by atoms with E-state index in [4.69, 9.17) is 20.8 Å². The summed E-state index contributed by atoms with van der Waals surface area (Å²) in [6, 6.07) is 5.22. The summed E-state index contributed by atoms with van der Waals surface area (Å²) in [4.78, 5) is 15.7. The topological polar surface area (TPSA) is 52.3 Å². The van der Waals surface area contributed by atoms with Gasteiger partial charge in [-0.15, -0.1) is 11.6 Å². The summed E-state index contributed by atoms with van der Waals surface area (Å²) in [5, 5.41) is -0.809. The molecule has 4 nitrogen and oxygen atoms in total. The van der Waals surface area contributed by atoms with Crippen molar-refractivity contribution in [3.05, 3.63) is 29.7 Å². The number of halogens is 1. The first-order chi connectivity index (χ1) is 8.11. The highest BCUT2D eigenvalue weighted by molar-refractivity contribution is 6.30. The fraction of sp³-hybridized carbons (Fsp3) is 0.333. The second-order valence-corrected chi connectivity index (χ2v) is 4.01. The SMILES string of the molecule is CCOC(=O)C(Cl)c1ccc2oc(C)nc2c1. The van der Waals surface area contributed by atoms with Crippen LogP contribution in [0.15, 0.2) is 22.6 Å². The zero-order chi connectivity index (χ0) is 12.4. The van der Waals surface area contributed by atoms with Crippen LogP contribution in [0.5, 0.6) is 0 Å². The number of rotatable bonds is 3. The highest BCUT2D eigenvalue weighted by Gasteiger charge is 2.19. The van der Waals surface area contributed by atoms with Gasteiger partial charge < -0.3 is 9.15 Å². The molecule has 1 unspecified atom stereocenters. The maximum absolute atomic E-state index is 11.5. The van der Waals surface area contributed by atoms with Gasteiger partial charge in [0.2, 0.25) is 0 Å². The predicted octanol–water partition coefficient (Wildman–Crippen LogP) is 2.98. The Kier molecular flexibility index (Phi) is 3.33. The highest BCUT2D eigenvalue weighted by atomic mass is 35.5. The minimum atomic E-state index is -0.809. The van der Waals surface area contributed by atoms with Crippen LogP contribution in [-0.4, -0.2) is 17.6 Å². The van der Waals surface area contributed by atoms with E-state index in [9.17, 15) is 4.79 Å². The molecular weight excluding hydrogens is 242 g/mol. The molecule has 0 spiro atoms. The zero-order valence-corrected chi connectivity index (χ0v) is 10.3. The summed E-state index contributed by atoms with van der Waals surface area (Å²) >= 11 is 6.01. The maximum atomic E-state index is 11.5. The van der Waals surface area contributed by atoms with E-state index in [-0.39, 0.29) is 0 Å². The Morgan fingerprint density at radius 1 is 1.59 bits per heavy atom. The Bertz CT molecular complexity index is 550. The molecule has 2 rings (SSSR count). The quantitative estimate of drug-likeness (QED) is 0.623. The summed E-state index contributed by atoms with van der Waals surface area (Å²) in [5.41, 5.74) is 2.03. The molecule has 0 fully saturated rings. The average molecular weight is 254 g/mol. The molecule has 1 atom stereocenters. The molecule has 0 radical (unpaired) electrons. The van der Waals surface area contributed by atoms with Gasteiger partial charge in [0.1, 0.15) is 5.52 Å². The standard InChI is InChI=1S/C12H12ClNO3/c1-3-16-12(15)11(13)8-4-5-10-9(6-8)14-7(2)17-10/h4-6,11H,3H2,1-2H3. The fourth-order valence-corrected chi connectivity index (χ4v) is 1.77. The lowest BCUT2D eigenvalue weighted by Gasteiger charge is -2.08. The monoisotopic (exact) mass is 253 g/mol. The zero-order valence-electron chi connectivity index (χ0n) is 9.57. The summed E-state index contributed by atoms with van der Waals surface area (Å²) in [6.07, 6.45) is 0. The van der Waals surface area contributed by atoms with Crippen molar-refractivity contribution in [3.8, 4) is 0 Å². The first-order valence-electron chi connectivity index (χ1n) is 5.29. The molecule has 2 aromatic rings. The molecule has 0 saturated heterocycles. The third-order valence-corrected chi connectivity index (χ3v) is 2.73. The summed E-state index contributed by atoms with van der Waals surface area (Å²) in [6.45, 7) is 3.82. The van der Waals surface area contributed by atoms with Crippen LogP contribution in [0.25, 0.3) is 11.1 Å². The van der Waals surface area contributed by atoms with Gasteiger partial charge in [0.05, 0.1) is 6.61 Å². The van der Waals surface area contributed by atoms with Crippen molar-refractivity contribution in [1.29, 1.82) is 0 Å². The number of ether oxygens (including phenoxy) is 1. The molecule has 1 aromatic heterocycles. The van der Waals surface area contributed by atoms with Gasteiger partial charge in [-0.2, -0.15) is 0 Å². The Balaban J connectivity index is 2.32. The number of alkyl halides is 1. The van der Waals surface area contributed by atoms with E-state index in [2.05, 4.69) is 4.98 Å². The van der Waals surface area contributed by atoms with Gasteiger partial charge >= 0.3 is 5.97 Å². The lowest BCUT2D eigenvalue weighted by atomic mass is 10.1. The molecule has 1 aromatic carbocycles. The van der Waals surface area contributed by atoms with Crippen LogP contribution in [0.4, 0.5) is 0 Å². The number of carbonyl (C=O) groups is 1. The number of oxazole rings is 1. The molecule has 0 saturated carbocycles. The molecule has 0 bridgehead atoms. The minimum absolute atomic E-state index is 0.313. The predicted molar refractivity (Wildman–Crippen MR) is 64.0 cm³/mol. The molecule has 90 valence electrons. The van der Waals surface area contributed by atoms with Gasteiger partial charge in [0.15, 0.2) is 16.9 Å². The molecule has 0 aliphatic carbocycles. The van der Waals surface area contributed by atoms with E-state index in [0.717, 1.165) is 0 Å². The van der Waals surface area contributed by atoms with Crippen LogP contribution in [-0.2, 0) is 9.53 Å². The second-order valence-electron chi connectivity index (χ2n) is 3.57. The third-order valence-electron chi connectivity index (χ3n) is 2.30. The highest BCUT2D eigenvalue weighted by Crippen LogP contribution is 2.26. The third kappa shape index (κ3) is 2.42. The molecule has 0 aliphatic heterocycles. The lowest BCUT2D eigenvalue weighted by Crippen LogP contribution is -2.10. The number of aromatic nitrogens is 1. The Morgan fingerprint density at radius 3 is 3.06 bits per heavy atom. The van der Waals surface area contributed by atoms with Crippen molar-refractivity contribution in [2.45, 2.75) is 19.2 Å². The van der Waals surface area contributed by atoms with Gasteiger partial charge in [0.25, 0.3) is 0 Å². The smallest absolute Gasteiger partial charge is 0.328 e. The van der Waals surface area contributed by atoms with Gasteiger partial charge in [-0.05, 0) is 24.6 Å². The van der Waals surface area contributed by atoms with Crippen LogP contribution in [0, 0.1) is 6.92 Å². The fourth-order valence-electron chi connectivity index (χ4n) is 1.57. The largest absolute Gasteiger partial charge is 0.465 e.